The second kappa shape index (κ2) is 12.6. The predicted octanol–water partition coefficient (Wildman–Crippen LogP) is 6.23. The minimum absolute atomic E-state index is 0.0900. The number of ether oxygens (including phenoxy) is 2. The number of benzene rings is 2. The van der Waals surface area contributed by atoms with Crippen molar-refractivity contribution in [2.45, 2.75) is 71.8 Å². The van der Waals surface area contributed by atoms with E-state index in [1.54, 1.807) is 4.90 Å². The van der Waals surface area contributed by atoms with E-state index in [4.69, 9.17) is 9.47 Å². The summed E-state index contributed by atoms with van der Waals surface area (Å²) in [7, 11) is 0. The first-order valence-corrected chi connectivity index (χ1v) is 14.1. The van der Waals surface area contributed by atoms with Crippen molar-refractivity contribution in [3.8, 4) is 5.75 Å². The van der Waals surface area contributed by atoms with Gasteiger partial charge in [0.05, 0.1) is 6.61 Å². The molecule has 1 unspecified atom stereocenters. The van der Waals surface area contributed by atoms with Crippen LogP contribution >= 0.6 is 0 Å². The number of rotatable bonds is 9. The molecule has 2 aromatic rings. The zero-order valence-corrected chi connectivity index (χ0v) is 23.5. The van der Waals surface area contributed by atoms with E-state index in [1.165, 1.54) is 5.56 Å². The van der Waals surface area contributed by atoms with Crippen molar-refractivity contribution in [2.24, 2.45) is 11.3 Å². The molecule has 2 heterocycles. The summed E-state index contributed by atoms with van der Waals surface area (Å²) < 4.78 is 51.1. The van der Waals surface area contributed by atoms with Gasteiger partial charge in [-0.15, -0.1) is 0 Å². The molecule has 2 saturated heterocycles. The third-order valence-corrected chi connectivity index (χ3v) is 7.91. The van der Waals surface area contributed by atoms with Crippen LogP contribution in [0.4, 0.5) is 13.2 Å². The standard InChI is InChI=1S/C31H39F3N2O4/c1-4-7-23-10-12-24(13-11-23)27(37)35-17-14-30(15-18-35)16-19-36(28(30)40-29(38)31(32,33)34)20-25-8-5-6-9-26(25)39-21-22(2)3/h5-6,8-13,22,28H,4,7,14-21H2,1-3H3. The molecule has 0 bridgehead atoms. The van der Waals surface area contributed by atoms with Crippen LogP contribution in [0.1, 0.15) is 67.9 Å². The number of hydrogen-bond acceptors (Lipinski definition) is 5. The predicted molar refractivity (Wildman–Crippen MR) is 146 cm³/mol. The molecule has 2 aliphatic heterocycles. The average Bonchev–Trinajstić information content (AvgIpc) is 3.24. The summed E-state index contributed by atoms with van der Waals surface area (Å²) >= 11 is 0. The molecule has 0 aliphatic carbocycles. The Hall–Kier alpha value is -3.07. The molecule has 2 aliphatic rings. The van der Waals surface area contributed by atoms with Gasteiger partial charge in [0.25, 0.3) is 5.91 Å². The summed E-state index contributed by atoms with van der Waals surface area (Å²) in [6.07, 6.45) is -2.70. The normalized spacial score (nSPS) is 19.3. The lowest BCUT2D eigenvalue weighted by Crippen LogP contribution is -2.51. The Morgan fingerprint density at radius 1 is 1.00 bits per heavy atom. The van der Waals surface area contributed by atoms with E-state index < -0.39 is 23.8 Å². The largest absolute Gasteiger partial charge is 0.493 e. The van der Waals surface area contributed by atoms with Crippen molar-refractivity contribution in [1.82, 2.24) is 9.80 Å². The van der Waals surface area contributed by atoms with Gasteiger partial charge in [0, 0.05) is 42.7 Å². The van der Waals surface area contributed by atoms with E-state index in [-0.39, 0.29) is 5.91 Å². The number of esters is 1. The van der Waals surface area contributed by atoms with Crippen LogP contribution < -0.4 is 4.74 Å². The number of para-hydroxylation sites is 1. The summed E-state index contributed by atoms with van der Waals surface area (Å²) in [6, 6.07) is 15.0. The van der Waals surface area contributed by atoms with Gasteiger partial charge < -0.3 is 14.4 Å². The Kier molecular flexibility index (Phi) is 9.44. The molecule has 9 heteroatoms. The number of aryl methyl sites for hydroxylation is 1. The Balaban J connectivity index is 1.50. The Morgan fingerprint density at radius 2 is 1.65 bits per heavy atom. The summed E-state index contributed by atoms with van der Waals surface area (Å²) in [5.41, 5.74) is 1.93. The molecular formula is C31H39F3N2O4. The van der Waals surface area contributed by atoms with Crippen molar-refractivity contribution >= 4 is 11.9 Å². The van der Waals surface area contributed by atoms with Gasteiger partial charge in [-0.3, -0.25) is 9.69 Å². The second-order valence-corrected chi connectivity index (χ2v) is 11.4. The Labute approximate surface area is 234 Å². The highest BCUT2D eigenvalue weighted by Gasteiger charge is 2.54. The number of likely N-dealkylation sites (tertiary alicyclic amines) is 2. The SMILES string of the molecule is CCCc1ccc(C(=O)N2CCC3(CC2)CCN(Cc2ccccc2OCC(C)C)C3OC(=O)C(F)(F)F)cc1. The molecule has 2 fully saturated rings. The van der Waals surface area contributed by atoms with Gasteiger partial charge in [0.15, 0.2) is 6.23 Å². The molecule has 1 amide bonds. The molecule has 4 rings (SSSR count). The zero-order valence-electron chi connectivity index (χ0n) is 23.5. The maximum absolute atomic E-state index is 13.3. The van der Waals surface area contributed by atoms with Crippen LogP contribution in [-0.2, 0) is 22.5 Å². The highest BCUT2D eigenvalue weighted by molar-refractivity contribution is 5.94. The van der Waals surface area contributed by atoms with Crippen LogP contribution in [0.2, 0.25) is 0 Å². The van der Waals surface area contributed by atoms with Gasteiger partial charge >= 0.3 is 12.1 Å². The summed E-state index contributed by atoms with van der Waals surface area (Å²) in [5, 5.41) is 0. The van der Waals surface area contributed by atoms with Crippen molar-refractivity contribution in [3.05, 3.63) is 65.2 Å². The van der Waals surface area contributed by atoms with Crippen LogP contribution in [-0.4, -0.2) is 60.3 Å². The van der Waals surface area contributed by atoms with E-state index in [1.807, 2.05) is 67.3 Å². The van der Waals surface area contributed by atoms with Gasteiger partial charge in [-0.2, -0.15) is 13.2 Å². The molecule has 40 heavy (non-hydrogen) atoms. The molecular weight excluding hydrogens is 521 g/mol. The van der Waals surface area contributed by atoms with E-state index >= 15 is 0 Å². The summed E-state index contributed by atoms with van der Waals surface area (Å²) in [4.78, 5) is 28.8. The first-order chi connectivity index (χ1) is 19.0. The fourth-order valence-corrected chi connectivity index (χ4v) is 5.71. The number of hydrogen-bond donors (Lipinski definition) is 0. The van der Waals surface area contributed by atoms with Crippen molar-refractivity contribution in [2.75, 3.05) is 26.2 Å². The molecule has 218 valence electrons. The number of piperidine rings is 1. The maximum atomic E-state index is 13.3. The monoisotopic (exact) mass is 560 g/mol. The van der Waals surface area contributed by atoms with Gasteiger partial charge in [0.2, 0.25) is 0 Å². The van der Waals surface area contributed by atoms with Crippen molar-refractivity contribution in [1.29, 1.82) is 0 Å². The zero-order chi connectivity index (χ0) is 28.9. The minimum Gasteiger partial charge on any atom is -0.493 e. The van der Waals surface area contributed by atoms with Gasteiger partial charge in [0.1, 0.15) is 5.75 Å². The molecule has 1 atom stereocenters. The molecule has 0 aromatic heterocycles. The highest BCUT2D eigenvalue weighted by atomic mass is 19.4. The number of halogens is 3. The van der Waals surface area contributed by atoms with Crippen molar-refractivity contribution < 1.29 is 32.2 Å². The smallest absolute Gasteiger partial charge is 0.490 e. The lowest BCUT2D eigenvalue weighted by Gasteiger charge is -2.43. The number of alkyl halides is 3. The van der Waals surface area contributed by atoms with Crippen LogP contribution in [0.15, 0.2) is 48.5 Å². The third kappa shape index (κ3) is 6.97. The fraction of sp³-hybridized carbons (Fsp3) is 0.548. The highest BCUT2D eigenvalue weighted by Crippen LogP contribution is 2.47. The Bertz CT molecular complexity index is 1160. The van der Waals surface area contributed by atoms with Crippen LogP contribution in [0, 0.1) is 11.3 Å². The summed E-state index contributed by atoms with van der Waals surface area (Å²) in [6.45, 7) is 8.23. The molecule has 6 nitrogen and oxygen atoms in total. The number of amides is 1. The van der Waals surface area contributed by atoms with Gasteiger partial charge in [-0.05, 0) is 55.4 Å². The first kappa shape index (κ1) is 29.9. The van der Waals surface area contributed by atoms with E-state index in [2.05, 4.69) is 6.92 Å². The van der Waals surface area contributed by atoms with Crippen LogP contribution in [0.25, 0.3) is 0 Å². The van der Waals surface area contributed by atoms with E-state index in [0.29, 0.717) is 69.3 Å². The number of carbonyl (C=O) groups excluding carboxylic acids is 2. The van der Waals surface area contributed by atoms with E-state index in [0.717, 1.165) is 18.4 Å². The Morgan fingerprint density at radius 3 is 2.27 bits per heavy atom. The fourth-order valence-electron chi connectivity index (χ4n) is 5.71. The number of nitrogens with zero attached hydrogens (tertiary/aromatic N) is 2. The van der Waals surface area contributed by atoms with Crippen molar-refractivity contribution in [3.63, 3.8) is 0 Å². The molecule has 2 aromatic carbocycles. The topological polar surface area (TPSA) is 59.1 Å². The van der Waals surface area contributed by atoms with Crippen LogP contribution in [0.5, 0.6) is 5.75 Å². The molecule has 0 N–H and O–H groups in total. The molecule has 1 spiro atoms. The average molecular weight is 561 g/mol. The molecule has 0 saturated carbocycles. The first-order valence-electron chi connectivity index (χ1n) is 14.1. The third-order valence-electron chi connectivity index (χ3n) is 7.91. The maximum Gasteiger partial charge on any atom is 0.490 e. The lowest BCUT2D eigenvalue weighted by molar-refractivity contribution is -0.220. The quantitative estimate of drug-likeness (QED) is 0.340. The number of carbonyl (C=O) groups is 2. The molecule has 0 radical (unpaired) electrons. The van der Waals surface area contributed by atoms with Crippen LogP contribution in [0.3, 0.4) is 0 Å². The van der Waals surface area contributed by atoms with E-state index in [9.17, 15) is 22.8 Å². The minimum atomic E-state index is -5.09. The van der Waals surface area contributed by atoms with Gasteiger partial charge in [-0.1, -0.05) is 57.5 Å². The summed E-state index contributed by atoms with van der Waals surface area (Å²) in [5.74, 6) is -1.29. The lowest BCUT2D eigenvalue weighted by atomic mass is 9.76. The van der Waals surface area contributed by atoms with Gasteiger partial charge in [-0.25, -0.2) is 4.79 Å². The second-order valence-electron chi connectivity index (χ2n) is 11.4.